The molecule has 0 bridgehead atoms. The minimum atomic E-state index is 0.243. The molecule has 2 fully saturated rings. The molecule has 15 heavy (non-hydrogen) atoms. The number of thioether (sulfide) groups is 1. The van der Waals surface area contributed by atoms with E-state index in [9.17, 15) is 4.79 Å². The lowest BCUT2D eigenvalue weighted by Gasteiger charge is -2.27. The number of rotatable bonds is 4. The molecule has 1 atom stereocenters. The molecule has 0 aromatic heterocycles. The van der Waals surface area contributed by atoms with Crippen molar-refractivity contribution in [3.63, 3.8) is 0 Å². The van der Waals surface area contributed by atoms with Crippen LogP contribution >= 0.6 is 11.8 Å². The maximum Gasteiger partial charge on any atom is 0.220 e. The molecule has 2 aliphatic heterocycles. The van der Waals surface area contributed by atoms with Crippen molar-refractivity contribution < 1.29 is 4.79 Å². The van der Waals surface area contributed by atoms with Gasteiger partial charge in [0.25, 0.3) is 0 Å². The second-order valence-electron chi connectivity index (χ2n) is 4.52. The van der Waals surface area contributed by atoms with Gasteiger partial charge in [0.15, 0.2) is 0 Å². The minimum Gasteiger partial charge on any atom is -0.355 e. The van der Waals surface area contributed by atoms with E-state index in [0.29, 0.717) is 17.6 Å². The largest absolute Gasteiger partial charge is 0.355 e. The van der Waals surface area contributed by atoms with Gasteiger partial charge in [0, 0.05) is 18.2 Å². The molecule has 0 radical (unpaired) electrons. The summed E-state index contributed by atoms with van der Waals surface area (Å²) in [5, 5.41) is 6.92. The van der Waals surface area contributed by atoms with Crippen molar-refractivity contribution in [2.45, 2.75) is 30.9 Å². The Hall–Kier alpha value is -0.220. The molecule has 0 saturated carbocycles. The summed E-state index contributed by atoms with van der Waals surface area (Å²) >= 11 is 2.02. The Labute approximate surface area is 95.8 Å². The van der Waals surface area contributed by atoms with Crippen LogP contribution in [0.25, 0.3) is 0 Å². The lowest BCUT2D eigenvalue weighted by atomic mass is 9.99. The zero-order valence-electron chi connectivity index (χ0n) is 9.13. The number of carbonyl (C=O) groups excluding carboxylic acids is 1. The van der Waals surface area contributed by atoms with Gasteiger partial charge in [-0.15, -0.1) is 0 Å². The van der Waals surface area contributed by atoms with E-state index in [-0.39, 0.29) is 5.91 Å². The molecular weight excluding hydrogens is 208 g/mol. The monoisotopic (exact) mass is 228 g/mol. The van der Waals surface area contributed by atoms with Crippen LogP contribution in [0.3, 0.4) is 0 Å². The third kappa shape index (κ3) is 3.68. The number of nitrogens with one attached hydrogen (secondary N) is 2. The smallest absolute Gasteiger partial charge is 0.220 e. The van der Waals surface area contributed by atoms with Gasteiger partial charge in [-0.05, 0) is 37.6 Å². The molecule has 0 aliphatic carbocycles. The molecule has 2 aliphatic rings. The van der Waals surface area contributed by atoms with E-state index >= 15 is 0 Å². The fourth-order valence-corrected chi connectivity index (χ4v) is 3.26. The Morgan fingerprint density at radius 2 is 2.27 bits per heavy atom. The van der Waals surface area contributed by atoms with Crippen LogP contribution in [0.4, 0.5) is 0 Å². The molecule has 1 unspecified atom stereocenters. The van der Waals surface area contributed by atoms with E-state index < -0.39 is 0 Å². The van der Waals surface area contributed by atoms with E-state index in [2.05, 4.69) is 10.6 Å². The summed E-state index contributed by atoms with van der Waals surface area (Å²) in [6, 6.07) is 0. The number of hydrogen-bond donors (Lipinski definition) is 2. The second-order valence-corrected chi connectivity index (χ2v) is 5.93. The third-order valence-electron chi connectivity index (χ3n) is 3.14. The summed E-state index contributed by atoms with van der Waals surface area (Å²) in [5.74, 6) is 2.10. The van der Waals surface area contributed by atoms with Crippen LogP contribution in [0.1, 0.15) is 25.7 Å². The van der Waals surface area contributed by atoms with Crippen LogP contribution in [0.15, 0.2) is 0 Å². The Morgan fingerprint density at radius 3 is 2.87 bits per heavy atom. The molecule has 3 nitrogen and oxygen atoms in total. The lowest BCUT2D eigenvalue weighted by Crippen LogP contribution is -2.45. The highest BCUT2D eigenvalue weighted by atomic mass is 32.2. The van der Waals surface area contributed by atoms with E-state index in [0.717, 1.165) is 19.6 Å². The Bertz CT molecular complexity index is 213. The van der Waals surface area contributed by atoms with Crippen LogP contribution in [0, 0.1) is 5.92 Å². The van der Waals surface area contributed by atoms with Crippen molar-refractivity contribution >= 4 is 17.7 Å². The minimum absolute atomic E-state index is 0.243. The SMILES string of the molecule is O=C(CC1CNC1)NCC1CCCCS1. The van der Waals surface area contributed by atoms with Crippen molar-refractivity contribution in [1.82, 2.24) is 10.6 Å². The van der Waals surface area contributed by atoms with Crippen molar-refractivity contribution in [1.29, 1.82) is 0 Å². The van der Waals surface area contributed by atoms with E-state index in [1.54, 1.807) is 0 Å². The van der Waals surface area contributed by atoms with Crippen molar-refractivity contribution in [2.75, 3.05) is 25.4 Å². The quantitative estimate of drug-likeness (QED) is 0.754. The number of carbonyl (C=O) groups is 1. The highest BCUT2D eigenvalue weighted by molar-refractivity contribution is 7.99. The van der Waals surface area contributed by atoms with E-state index in [1.165, 1.54) is 25.0 Å². The summed E-state index contributed by atoms with van der Waals surface area (Å²) in [7, 11) is 0. The van der Waals surface area contributed by atoms with Gasteiger partial charge in [0.2, 0.25) is 5.91 Å². The summed E-state index contributed by atoms with van der Waals surface area (Å²) in [6.07, 6.45) is 4.67. The number of amides is 1. The fourth-order valence-electron chi connectivity index (χ4n) is 2.02. The van der Waals surface area contributed by atoms with Gasteiger partial charge in [0.05, 0.1) is 0 Å². The Kier molecular flexibility index (Phi) is 4.32. The van der Waals surface area contributed by atoms with Gasteiger partial charge in [0.1, 0.15) is 0 Å². The van der Waals surface area contributed by atoms with Gasteiger partial charge < -0.3 is 10.6 Å². The van der Waals surface area contributed by atoms with Crippen molar-refractivity contribution in [3.05, 3.63) is 0 Å². The number of hydrogen-bond acceptors (Lipinski definition) is 3. The third-order valence-corrected chi connectivity index (χ3v) is 4.54. The first kappa shape index (κ1) is 11.3. The van der Waals surface area contributed by atoms with Crippen LogP contribution in [0.2, 0.25) is 0 Å². The lowest BCUT2D eigenvalue weighted by molar-refractivity contribution is -0.122. The van der Waals surface area contributed by atoms with Gasteiger partial charge >= 0.3 is 0 Å². The maximum atomic E-state index is 11.5. The fraction of sp³-hybridized carbons (Fsp3) is 0.909. The zero-order valence-corrected chi connectivity index (χ0v) is 9.94. The van der Waals surface area contributed by atoms with Gasteiger partial charge in [-0.25, -0.2) is 0 Å². The van der Waals surface area contributed by atoms with Crippen LogP contribution < -0.4 is 10.6 Å². The van der Waals surface area contributed by atoms with Crippen LogP contribution in [-0.4, -0.2) is 36.5 Å². The summed E-state index contributed by atoms with van der Waals surface area (Å²) < 4.78 is 0. The van der Waals surface area contributed by atoms with Crippen LogP contribution in [-0.2, 0) is 4.79 Å². The topological polar surface area (TPSA) is 41.1 Å². The molecule has 2 N–H and O–H groups in total. The highest BCUT2D eigenvalue weighted by Gasteiger charge is 2.21. The Balaban J connectivity index is 1.57. The molecule has 86 valence electrons. The molecule has 0 aromatic carbocycles. The normalized spacial score (nSPS) is 27.1. The van der Waals surface area contributed by atoms with Crippen molar-refractivity contribution in [3.8, 4) is 0 Å². The maximum absolute atomic E-state index is 11.5. The molecule has 2 saturated heterocycles. The molecule has 2 heterocycles. The van der Waals surface area contributed by atoms with E-state index in [1.807, 2.05) is 11.8 Å². The predicted octanol–water partition coefficient (Wildman–Crippen LogP) is 0.998. The molecule has 2 rings (SSSR count). The molecule has 1 amide bonds. The first-order chi connectivity index (χ1) is 7.34. The average Bonchev–Trinajstić information content (AvgIpc) is 2.22. The van der Waals surface area contributed by atoms with E-state index in [4.69, 9.17) is 0 Å². The van der Waals surface area contributed by atoms with Crippen molar-refractivity contribution in [2.24, 2.45) is 5.92 Å². The molecular formula is C11H20N2OS. The summed E-state index contributed by atoms with van der Waals surface area (Å²) in [4.78, 5) is 11.5. The van der Waals surface area contributed by atoms with Gasteiger partial charge in [-0.2, -0.15) is 11.8 Å². The highest BCUT2D eigenvalue weighted by Crippen LogP contribution is 2.24. The first-order valence-electron chi connectivity index (χ1n) is 5.93. The van der Waals surface area contributed by atoms with Gasteiger partial charge in [-0.1, -0.05) is 6.42 Å². The second kappa shape index (κ2) is 5.75. The summed E-state index contributed by atoms with van der Waals surface area (Å²) in [5.41, 5.74) is 0. The molecule has 0 spiro atoms. The standard InChI is InChI=1S/C11H20N2OS/c14-11(5-9-6-12-7-9)13-8-10-3-1-2-4-15-10/h9-10,12H,1-8H2,(H,13,14). The van der Waals surface area contributed by atoms with Crippen LogP contribution in [0.5, 0.6) is 0 Å². The average molecular weight is 228 g/mol. The zero-order chi connectivity index (χ0) is 10.5. The first-order valence-corrected chi connectivity index (χ1v) is 6.98. The predicted molar refractivity (Wildman–Crippen MR) is 64.1 cm³/mol. The molecule has 4 heteroatoms. The van der Waals surface area contributed by atoms with Gasteiger partial charge in [-0.3, -0.25) is 4.79 Å². The Morgan fingerprint density at radius 1 is 1.40 bits per heavy atom. The summed E-state index contributed by atoms with van der Waals surface area (Å²) in [6.45, 7) is 2.92. The molecule has 0 aromatic rings.